The molecule has 0 radical (unpaired) electrons. The minimum atomic E-state index is 0.240. The van der Waals surface area contributed by atoms with Gasteiger partial charge in [-0.05, 0) is 31.6 Å². The Balaban J connectivity index is 1.98. The lowest BCUT2D eigenvalue weighted by atomic mass is 9.96. The zero-order valence-electron chi connectivity index (χ0n) is 11.6. The average Bonchev–Trinajstić information content (AvgIpc) is 2.62. The second kappa shape index (κ2) is 10.4. The third-order valence-corrected chi connectivity index (χ3v) is 3.86. The molecule has 3 heteroatoms. The summed E-state index contributed by atoms with van der Waals surface area (Å²) in [5.41, 5.74) is 0. The van der Waals surface area contributed by atoms with Crippen molar-refractivity contribution in [3.63, 3.8) is 0 Å². The fourth-order valence-corrected chi connectivity index (χ4v) is 2.72. The molecule has 1 amide bonds. The van der Waals surface area contributed by atoms with E-state index in [-0.39, 0.29) is 12.5 Å². The van der Waals surface area contributed by atoms with Crippen LogP contribution in [0.2, 0.25) is 0 Å². The molecule has 1 aliphatic rings. The average molecular weight is 255 g/mol. The summed E-state index contributed by atoms with van der Waals surface area (Å²) >= 11 is 0. The maximum Gasteiger partial charge on any atom is 0.220 e. The van der Waals surface area contributed by atoms with Crippen molar-refractivity contribution in [2.45, 2.75) is 70.6 Å². The maximum absolute atomic E-state index is 11.8. The molecule has 106 valence electrons. The third kappa shape index (κ3) is 7.70. The molecule has 0 heterocycles. The first-order chi connectivity index (χ1) is 8.83. The van der Waals surface area contributed by atoms with Gasteiger partial charge in [-0.1, -0.05) is 38.5 Å². The molecular weight excluding hydrogens is 226 g/mol. The number of hydrogen-bond acceptors (Lipinski definition) is 2. The molecular formula is C15H29NO2. The van der Waals surface area contributed by atoms with Crippen LogP contribution in [0.3, 0.4) is 0 Å². The molecule has 3 nitrogen and oxygen atoms in total. The summed E-state index contributed by atoms with van der Waals surface area (Å²) in [6.45, 7) is 1.09. The number of aliphatic hydroxyl groups excluding tert-OH is 1. The van der Waals surface area contributed by atoms with Crippen LogP contribution < -0.4 is 5.32 Å². The largest absolute Gasteiger partial charge is 0.396 e. The molecule has 0 unspecified atom stereocenters. The van der Waals surface area contributed by atoms with Crippen molar-refractivity contribution in [2.75, 3.05) is 13.2 Å². The van der Waals surface area contributed by atoms with Crippen LogP contribution in [0.25, 0.3) is 0 Å². The van der Waals surface area contributed by atoms with Gasteiger partial charge in [0.2, 0.25) is 5.91 Å². The second-order valence-electron chi connectivity index (χ2n) is 5.55. The number of amides is 1. The van der Waals surface area contributed by atoms with Crippen molar-refractivity contribution < 1.29 is 9.90 Å². The van der Waals surface area contributed by atoms with E-state index < -0.39 is 0 Å². The Hall–Kier alpha value is -0.570. The lowest BCUT2D eigenvalue weighted by Crippen LogP contribution is -2.26. The van der Waals surface area contributed by atoms with E-state index in [9.17, 15) is 4.79 Å². The van der Waals surface area contributed by atoms with E-state index in [1.54, 1.807) is 0 Å². The van der Waals surface area contributed by atoms with Gasteiger partial charge in [-0.2, -0.15) is 0 Å². The van der Waals surface area contributed by atoms with Gasteiger partial charge in [0.05, 0.1) is 0 Å². The SMILES string of the molecule is O=C(CC1CCCCCC1)NCCCCCCO. The van der Waals surface area contributed by atoms with Gasteiger partial charge < -0.3 is 10.4 Å². The van der Waals surface area contributed by atoms with Gasteiger partial charge in [-0.3, -0.25) is 4.79 Å². The molecule has 0 aliphatic heterocycles. The third-order valence-electron chi connectivity index (χ3n) is 3.86. The smallest absolute Gasteiger partial charge is 0.220 e. The molecule has 0 aromatic rings. The molecule has 1 fully saturated rings. The summed E-state index contributed by atoms with van der Waals surface area (Å²) in [5.74, 6) is 0.867. The van der Waals surface area contributed by atoms with Crippen LogP contribution in [0.4, 0.5) is 0 Å². The minimum Gasteiger partial charge on any atom is -0.396 e. The molecule has 1 saturated carbocycles. The van der Waals surface area contributed by atoms with Crippen molar-refractivity contribution in [3.05, 3.63) is 0 Å². The van der Waals surface area contributed by atoms with E-state index in [4.69, 9.17) is 5.11 Å². The standard InChI is InChI=1S/C15H29NO2/c17-12-8-4-3-7-11-16-15(18)13-14-9-5-1-2-6-10-14/h14,17H,1-13H2,(H,16,18). The molecule has 0 aromatic heterocycles. The first-order valence-corrected chi connectivity index (χ1v) is 7.70. The summed E-state index contributed by atoms with van der Waals surface area (Å²) in [6.07, 6.45) is 12.6. The van der Waals surface area contributed by atoms with E-state index in [0.717, 1.165) is 38.6 Å². The quantitative estimate of drug-likeness (QED) is 0.517. The number of carbonyl (C=O) groups is 1. The molecule has 0 saturated heterocycles. The van der Waals surface area contributed by atoms with Crippen LogP contribution in [0.15, 0.2) is 0 Å². The summed E-state index contributed by atoms with van der Waals surface area (Å²) in [5, 5.41) is 11.7. The Bertz CT molecular complexity index is 211. The molecule has 1 aliphatic carbocycles. The van der Waals surface area contributed by atoms with E-state index >= 15 is 0 Å². The highest BCUT2D eigenvalue weighted by molar-refractivity contribution is 5.76. The summed E-state index contributed by atoms with van der Waals surface area (Å²) in [6, 6.07) is 0. The van der Waals surface area contributed by atoms with Crippen LogP contribution in [-0.4, -0.2) is 24.2 Å². The Labute approximate surface area is 111 Å². The predicted octanol–water partition coefficient (Wildman–Crippen LogP) is 3.02. The van der Waals surface area contributed by atoms with Crippen LogP contribution in [-0.2, 0) is 4.79 Å². The van der Waals surface area contributed by atoms with Crippen molar-refractivity contribution in [3.8, 4) is 0 Å². The van der Waals surface area contributed by atoms with E-state index in [2.05, 4.69) is 5.32 Å². The van der Waals surface area contributed by atoms with Gasteiger partial charge in [-0.15, -0.1) is 0 Å². The molecule has 18 heavy (non-hydrogen) atoms. The number of nitrogens with one attached hydrogen (secondary N) is 1. The molecule has 0 bridgehead atoms. The highest BCUT2D eigenvalue weighted by Gasteiger charge is 2.15. The summed E-state index contributed by atoms with van der Waals surface area (Å²) < 4.78 is 0. The normalized spacial score (nSPS) is 17.4. The molecule has 0 atom stereocenters. The summed E-state index contributed by atoms with van der Waals surface area (Å²) in [7, 11) is 0. The predicted molar refractivity (Wildman–Crippen MR) is 74.4 cm³/mol. The van der Waals surface area contributed by atoms with Crippen molar-refractivity contribution in [2.24, 2.45) is 5.92 Å². The second-order valence-corrected chi connectivity index (χ2v) is 5.55. The van der Waals surface area contributed by atoms with E-state index in [0.29, 0.717) is 5.92 Å². The first-order valence-electron chi connectivity index (χ1n) is 7.70. The van der Waals surface area contributed by atoms with Gasteiger partial charge in [0.15, 0.2) is 0 Å². The molecule has 2 N–H and O–H groups in total. The highest BCUT2D eigenvalue weighted by Crippen LogP contribution is 2.25. The minimum absolute atomic E-state index is 0.240. The lowest BCUT2D eigenvalue weighted by molar-refractivity contribution is -0.122. The van der Waals surface area contributed by atoms with Gasteiger partial charge in [0.1, 0.15) is 0 Å². The van der Waals surface area contributed by atoms with Crippen LogP contribution in [0, 0.1) is 5.92 Å². The topological polar surface area (TPSA) is 49.3 Å². The number of hydrogen-bond donors (Lipinski definition) is 2. The maximum atomic E-state index is 11.8. The van der Waals surface area contributed by atoms with Crippen molar-refractivity contribution in [1.82, 2.24) is 5.32 Å². The van der Waals surface area contributed by atoms with Gasteiger partial charge in [0, 0.05) is 19.6 Å². The Morgan fingerprint density at radius 3 is 2.33 bits per heavy atom. The van der Waals surface area contributed by atoms with E-state index in [1.165, 1.54) is 38.5 Å². The van der Waals surface area contributed by atoms with Crippen LogP contribution in [0.1, 0.15) is 70.6 Å². The fraction of sp³-hybridized carbons (Fsp3) is 0.933. The number of aliphatic hydroxyl groups is 1. The lowest BCUT2D eigenvalue weighted by Gasteiger charge is -2.13. The molecule has 0 spiro atoms. The first kappa shape index (κ1) is 15.5. The van der Waals surface area contributed by atoms with Crippen LogP contribution >= 0.6 is 0 Å². The Morgan fingerprint density at radius 1 is 1.00 bits per heavy atom. The van der Waals surface area contributed by atoms with Crippen molar-refractivity contribution >= 4 is 5.91 Å². The molecule has 0 aromatic carbocycles. The summed E-state index contributed by atoms with van der Waals surface area (Å²) in [4.78, 5) is 11.8. The molecule has 1 rings (SSSR count). The van der Waals surface area contributed by atoms with E-state index in [1.807, 2.05) is 0 Å². The van der Waals surface area contributed by atoms with Gasteiger partial charge in [0.25, 0.3) is 0 Å². The monoisotopic (exact) mass is 255 g/mol. The van der Waals surface area contributed by atoms with Gasteiger partial charge in [-0.25, -0.2) is 0 Å². The Kier molecular flexibility index (Phi) is 8.92. The fourth-order valence-electron chi connectivity index (χ4n) is 2.72. The number of rotatable bonds is 8. The van der Waals surface area contributed by atoms with Gasteiger partial charge >= 0.3 is 0 Å². The van der Waals surface area contributed by atoms with Crippen molar-refractivity contribution in [1.29, 1.82) is 0 Å². The zero-order valence-corrected chi connectivity index (χ0v) is 11.6. The number of carbonyl (C=O) groups excluding carboxylic acids is 1. The van der Waals surface area contributed by atoms with Crippen LogP contribution in [0.5, 0.6) is 0 Å². The highest BCUT2D eigenvalue weighted by atomic mass is 16.2. The number of unbranched alkanes of at least 4 members (excludes halogenated alkanes) is 3. The Morgan fingerprint density at radius 2 is 1.67 bits per heavy atom. The zero-order chi connectivity index (χ0) is 13.1.